The summed E-state index contributed by atoms with van der Waals surface area (Å²) >= 11 is 0. The van der Waals surface area contributed by atoms with E-state index in [1.165, 1.54) is 6.07 Å². The first-order valence-corrected chi connectivity index (χ1v) is 7.13. The Morgan fingerprint density at radius 1 is 1.29 bits per heavy atom. The smallest absolute Gasteiger partial charge is 0.274 e. The lowest BCUT2D eigenvalue weighted by molar-refractivity contribution is -0.385. The Bertz CT molecular complexity index is 810. The van der Waals surface area contributed by atoms with E-state index in [-0.39, 0.29) is 5.69 Å². The molecule has 0 saturated carbocycles. The normalized spacial score (nSPS) is 11.2. The molecular weight excluding hydrogens is 310 g/mol. The Balaban J connectivity index is 2.04. The minimum atomic E-state index is -0.807. The number of nitrogens with zero attached hydrogens (tertiary/aromatic N) is 2. The summed E-state index contributed by atoms with van der Waals surface area (Å²) in [7, 11) is 0. The summed E-state index contributed by atoms with van der Waals surface area (Å²) in [5, 5.41) is 22.3. The predicted octanol–water partition coefficient (Wildman–Crippen LogP) is 3.18. The molecule has 0 aliphatic carbocycles. The highest BCUT2D eigenvalue weighted by molar-refractivity contribution is 5.94. The van der Waals surface area contributed by atoms with E-state index in [2.05, 4.69) is 5.32 Å². The zero-order chi connectivity index (χ0) is 17.7. The lowest BCUT2D eigenvalue weighted by Crippen LogP contribution is -2.30. The average Bonchev–Trinajstić information content (AvgIpc) is 2.57. The Morgan fingerprint density at radius 3 is 2.54 bits per heavy atom. The van der Waals surface area contributed by atoms with Gasteiger partial charge in [-0.2, -0.15) is 5.26 Å². The minimum Gasteiger partial charge on any atom is -0.481 e. The first kappa shape index (κ1) is 17.0. The van der Waals surface area contributed by atoms with E-state index in [1.807, 2.05) is 6.07 Å². The first-order valence-electron chi connectivity index (χ1n) is 7.13. The number of amides is 1. The first-order chi connectivity index (χ1) is 11.4. The third-order valence-corrected chi connectivity index (χ3v) is 3.34. The molecule has 0 radical (unpaired) electrons. The number of nitro benzene ring substituents is 1. The lowest BCUT2D eigenvalue weighted by Gasteiger charge is -2.15. The number of carbonyl (C=O) groups excluding carboxylic acids is 1. The van der Waals surface area contributed by atoms with Gasteiger partial charge >= 0.3 is 0 Å². The van der Waals surface area contributed by atoms with E-state index in [9.17, 15) is 14.9 Å². The number of aryl methyl sites for hydroxylation is 1. The van der Waals surface area contributed by atoms with E-state index in [0.29, 0.717) is 22.6 Å². The fourth-order valence-electron chi connectivity index (χ4n) is 1.99. The molecule has 2 aromatic rings. The zero-order valence-electron chi connectivity index (χ0n) is 13.1. The van der Waals surface area contributed by atoms with Gasteiger partial charge in [0.1, 0.15) is 5.75 Å². The van der Waals surface area contributed by atoms with Gasteiger partial charge in [-0.05, 0) is 44.2 Å². The van der Waals surface area contributed by atoms with Crippen LogP contribution in [0.3, 0.4) is 0 Å². The van der Waals surface area contributed by atoms with Crippen molar-refractivity contribution in [1.82, 2.24) is 0 Å². The molecule has 0 spiro atoms. The Morgan fingerprint density at radius 2 is 1.96 bits per heavy atom. The average molecular weight is 325 g/mol. The monoisotopic (exact) mass is 325 g/mol. The van der Waals surface area contributed by atoms with Gasteiger partial charge in [-0.3, -0.25) is 14.9 Å². The van der Waals surface area contributed by atoms with Crippen LogP contribution in [0.25, 0.3) is 0 Å². The standard InChI is InChI=1S/C17H15N3O4/c1-11-3-6-14(9-16(11)20(22)23)19-17(21)12(2)24-15-7-4-13(10-18)5-8-15/h3-9,12H,1-2H3,(H,19,21). The van der Waals surface area contributed by atoms with Crippen molar-refractivity contribution in [3.63, 3.8) is 0 Å². The highest BCUT2D eigenvalue weighted by Gasteiger charge is 2.17. The quantitative estimate of drug-likeness (QED) is 0.671. The second kappa shape index (κ2) is 7.24. The highest BCUT2D eigenvalue weighted by atomic mass is 16.6. The highest BCUT2D eigenvalue weighted by Crippen LogP contribution is 2.22. The minimum absolute atomic E-state index is 0.0616. The van der Waals surface area contributed by atoms with Crippen molar-refractivity contribution < 1.29 is 14.5 Å². The summed E-state index contributed by atoms with van der Waals surface area (Å²) < 4.78 is 5.49. The van der Waals surface area contributed by atoms with E-state index in [0.717, 1.165) is 0 Å². The zero-order valence-corrected chi connectivity index (χ0v) is 13.1. The number of benzene rings is 2. The number of hydrogen-bond donors (Lipinski definition) is 1. The fraction of sp³-hybridized carbons (Fsp3) is 0.176. The number of anilines is 1. The summed E-state index contributed by atoms with van der Waals surface area (Å²) in [6.07, 6.45) is -0.807. The molecule has 2 aromatic carbocycles. The van der Waals surface area contributed by atoms with Crippen molar-refractivity contribution in [2.75, 3.05) is 5.32 Å². The van der Waals surface area contributed by atoms with Crippen LogP contribution >= 0.6 is 0 Å². The van der Waals surface area contributed by atoms with Crippen LogP contribution in [-0.2, 0) is 4.79 Å². The number of rotatable bonds is 5. The number of nitriles is 1. The number of nitrogens with one attached hydrogen (secondary N) is 1. The van der Waals surface area contributed by atoms with Gasteiger partial charge in [0.25, 0.3) is 11.6 Å². The van der Waals surface area contributed by atoms with Gasteiger partial charge in [0, 0.05) is 17.3 Å². The predicted molar refractivity (Wildman–Crippen MR) is 87.7 cm³/mol. The van der Waals surface area contributed by atoms with Crippen LogP contribution in [0, 0.1) is 28.4 Å². The summed E-state index contributed by atoms with van der Waals surface area (Å²) in [5.74, 6) is 0.0176. The molecule has 0 aromatic heterocycles. The molecule has 1 unspecified atom stereocenters. The van der Waals surface area contributed by atoms with Gasteiger partial charge < -0.3 is 10.1 Å². The maximum Gasteiger partial charge on any atom is 0.274 e. The molecule has 0 bridgehead atoms. The molecule has 0 saturated heterocycles. The van der Waals surface area contributed by atoms with Gasteiger partial charge in [0.05, 0.1) is 16.6 Å². The summed E-state index contributed by atoms with van der Waals surface area (Å²) in [6, 6.07) is 12.8. The molecule has 2 rings (SSSR count). The molecule has 0 aliphatic heterocycles. The number of nitro groups is 1. The van der Waals surface area contributed by atoms with Crippen molar-refractivity contribution in [2.24, 2.45) is 0 Å². The molecule has 1 N–H and O–H groups in total. The lowest BCUT2D eigenvalue weighted by atomic mass is 10.2. The molecule has 24 heavy (non-hydrogen) atoms. The van der Waals surface area contributed by atoms with Crippen molar-refractivity contribution in [3.8, 4) is 11.8 Å². The third kappa shape index (κ3) is 4.08. The Labute approximate surface area is 138 Å². The van der Waals surface area contributed by atoms with Crippen LogP contribution in [0.5, 0.6) is 5.75 Å². The van der Waals surface area contributed by atoms with Crippen molar-refractivity contribution in [3.05, 3.63) is 63.7 Å². The van der Waals surface area contributed by atoms with Crippen LogP contribution in [0.4, 0.5) is 11.4 Å². The van der Waals surface area contributed by atoms with Gasteiger partial charge in [-0.25, -0.2) is 0 Å². The molecule has 0 heterocycles. The van der Waals surface area contributed by atoms with Gasteiger partial charge in [0.15, 0.2) is 6.10 Å². The van der Waals surface area contributed by atoms with Gasteiger partial charge in [0.2, 0.25) is 0 Å². The number of carbonyl (C=O) groups is 1. The fourth-order valence-corrected chi connectivity index (χ4v) is 1.99. The number of hydrogen-bond acceptors (Lipinski definition) is 5. The van der Waals surface area contributed by atoms with Crippen molar-refractivity contribution in [2.45, 2.75) is 20.0 Å². The van der Waals surface area contributed by atoms with Crippen molar-refractivity contribution >= 4 is 17.3 Å². The summed E-state index contributed by atoms with van der Waals surface area (Å²) in [6.45, 7) is 3.19. The van der Waals surface area contributed by atoms with Crippen LogP contribution in [0.15, 0.2) is 42.5 Å². The largest absolute Gasteiger partial charge is 0.481 e. The SMILES string of the molecule is Cc1ccc(NC(=O)C(C)Oc2ccc(C#N)cc2)cc1[N+](=O)[O-]. The maximum absolute atomic E-state index is 12.1. The van der Waals surface area contributed by atoms with Gasteiger partial charge in [-0.15, -0.1) is 0 Å². The number of ether oxygens (including phenoxy) is 1. The van der Waals surface area contributed by atoms with Crippen LogP contribution in [0.1, 0.15) is 18.1 Å². The van der Waals surface area contributed by atoms with Crippen LogP contribution < -0.4 is 10.1 Å². The van der Waals surface area contributed by atoms with Crippen LogP contribution in [-0.4, -0.2) is 16.9 Å². The van der Waals surface area contributed by atoms with E-state index in [1.54, 1.807) is 50.2 Å². The van der Waals surface area contributed by atoms with E-state index < -0.39 is 16.9 Å². The topological polar surface area (TPSA) is 105 Å². The molecule has 0 aliphatic rings. The molecule has 1 atom stereocenters. The van der Waals surface area contributed by atoms with Gasteiger partial charge in [-0.1, -0.05) is 6.07 Å². The summed E-state index contributed by atoms with van der Waals surface area (Å²) in [4.78, 5) is 22.6. The third-order valence-electron chi connectivity index (χ3n) is 3.34. The Hall–Kier alpha value is -3.40. The van der Waals surface area contributed by atoms with E-state index in [4.69, 9.17) is 10.00 Å². The molecular formula is C17H15N3O4. The molecule has 0 fully saturated rings. The molecule has 7 nitrogen and oxygen atoms in total. The van der Waals surface area contributed by atoms with Crippen LogP contribution in [0.2, 0.25) is 0 Å². The second-order valence-electron chi connectivity index (χ2n) is 5.14. The van der Waals surface area contributed by atoms with E-state index >= 15 is 0 Å². The molecule has 122 valence electrons. The second-order valence-corrected chi connectivity index (χ2v) is 5.14. The maximum atomic E-state index is 12.1. The molecule has 7 heteroatoms. The Kier molecular flexibility index (Phi) is 5.12. The molecule has 1 amide bonds. The summed E-state index contributed by atoms with van der Waals surface area (Å²) in [5.41, 5.74) is 1.27. The van der Waals surface area contributed by atoms with Crippen molar-refractivity contribution in [1.29, 1.82) is 5.26 Å².